The van der Waals surface area contributed by atoms with Crippen molar-refractivity contribution in [2.24, 2.45) is 0 Å². The average Bonchev–Trinajstić information content (AvgIpc) is 2.03. The minimum atomic E-state index is -4.68. The van der Waals surface area contributed by atoms with Gasteiger partial charge in [-0.05, 0) is 37.5 Å². The summed E-state index contributed by atoms with van der Waals surface area (Å²) in [5.74, 6) is 0.368. The molecule has 0 atom stereocenters. The van der Waals surface area contributed by atoms with E-state index in [0.717, 1.165) is 0 Å². The Bertz CT molecular complexity index is 355. The van der Waals surface area contributed by atoms with Crippen molar-refractivity contribution >= 4 is 12.9 Å². The van der Waals surface area contributed by atoms with Crippen molar-refractivity contribution in [3.05, 3.63) is 23.8 Å². The van der Waals surface area contributed by atoms with Crippen LogP contribution in [0.2, 0.25) is 0 Å². The Labute approximate surface area is 76.3 Å². The lowest BCUT2D eigenvalue weighted by Gasteiger charge is -2.31. The molecule has 0 aliphatic heterocycles. The van der Waals surface area contributed by atoms with E-state index in [0.29, 0.717) is 11.3 Å². The van der Waals surface area contributed by atoms with Crippen LogP contribution in [-0.4, -0.2) is 7.11 Å². The first-order valence-electron chi connectivity index (χ1n) is 3.62. The fourth-order valence-corrected chi connectivity index (χ4v) is 1.80. The van der Waals surface area contributed by atoms with Gasteiger partial charge in [0.25, 0.3) is 0 Å². The highest BCUT2D eigenvalue weighted by atomic mass is 31.2. The number of hydrogen-bond donors (Lipinski definition) is 0. The number of ether oxygens (including phenoxy) is 1. The second-order valence-corrected chi connectivity index (χ2v) is 4.13. The third-order valence-electron chi connectivity index (χ3n) is 1.71. The molecule has 1 rings (SSSR count). The van der Waals surface area contributed by atoms with Crippen LogP contribution in [0.4, 0.5) is 0 Å². The quantitative estimate of drug-likeness (QED) is 0.605. The van der Waals surface area contributed by atoms with Crippen molar-refractivity contribution in [2.45, 2.75) is 6.92 Å². The fraction of sp³-hybridized carbons (Fsp3) is 0.250. The second-order valence-electron chi connectivity index (χ2n) is 2.65. The van der Waals surface area contributed by atoms with Crippen LogP contribution in [0.1, 0.15) is 5.56 Å². The summed E-state index contributed by atoms with van der Waals surface area (Å²) in [4.78, 5) is 21.5. The van der Waals surface area contributed by atoms with Crippen molar-refractivity contribution in [1.29, 1.82) is 0 Å². The van der Waals surface area contributed by atoms with Crippen LogP contribution in [0.15, 0.2) is 18.2 Å². The standard InChI is InChI=1S/C8H11O4P/c1-6-3-4-7(12-2)5-8(6)13(9,10)11/h3-5H,1-2H3,(H2,9,10,11)/p-2. The summed E-state index contributed by atoms with van der Waals surface area (Å²) in [6.07, 6.45) is 0. The largest absolute Gasteiger partial charge is 0.807 e. The van der Waals surface area contributed by atoms with Crippen LogP contribution < -0.4 is 19.8 Å². The number of rotatable bonds is 2. The van der Waals surface area contributed by atoms with Crippen molar-refractivity contribution in [3.63, 3.8) is 0 Å². The van der Waals surface area contributed by atoms with Crippen LogP contribution in [-0.2, 0) is 4.57 Å². The smallest absolute Gasteiger partial charge is 0.119 e. The fourth-order valence-electron chi connectivity index (χ4n) is 1.01. The Morgan fingerprint density at radius 2 is 2.00 bits per heavy atom. The summed E-state index contributed by atoms with van der Waals surface area (Å²) in [5, 5.41) is -0.202. The third kappa shape index (κ3) is 2.31. The molecule has 13 heavy (non-hydrogen) atoms. The summed E-state index contributed by atoms with van der Waals surface area (Å²) in [6.45, 7) is 1.57. The molecule has 0 aromatic heterocycles. The number of aryl methyl sites for hydroxylation is 1. The number of benzene rings is 1. The van der Waals surface area contributed by atoms with Crippen molar-refractivity contribution < 1.29 is 19.1 Å². The van der Waals surface area contributed by atoms with Gasteiger partial charge >= 0.3 is 0 Å². The van der Waals surface area contributed by atoms with Gasteiger partial charge in [0.15, 0.2) is 0 Å². The zero-order valence-electron chi connectivity index (χ0n) is 7.31. The Hall–Kier alpha value is -0.830. The maximum absolute atomic E-state index is 10.7. The van der Waals surface area contributed by atoms with E-state index in [4.69, 9.17) is 4.74 Å². The van der Waals surface area contributed by atoms with Gasteiger partial charge in [-0.3, -0.25) is 0 Å². The first kappa shape index (κ1) is 10.3. The molecule has 0 aliphatic carbocycles. The average molecular weight is 200 g/mol. The van der Waals surface area contributed by atoms with E-state index in [2.05, 4.69) is 0 Å². The highest BCUT2D eigenvalue weighted by molar-refractivity contribution is 7.57. The summed E-state index contributed by atoms with van der Waals surface area (Å²) in [7, 11) is -3.26. The van der Waals surface area contributed by atoms with E-state index >= 15 is 0 Å². The van der Waals surface area contributed by atoms with Gasteiger partial charge in [-0.25, -0.2) is 0 Å². The molecule has 0 bridgehead atoms. The normalized spacial score (nSPS) is 11.4. The summed E-state index contributed by atoms with van der Waals surface area (Å²) < 4.78 is 15.5. The van der Waals surface area contributed by atoms with Gasteiger partial charge < -0.3 is 19.1 Å². The zero-order valence-corrected chi connectivity index (χ0v) is 8.21. The zero-order chi connectivity index (χ0) is 10.1. The van der Waals surface area contributed by atoms with Gasteiger partial charge in [0.2, 0.25) is 0 Å². The maximum Gasteiger partial charge on any atom is 0.119 e. The highest BCUT2D eigenvalue weighted by Gasteiger charge is 2.03. The molecule has 0 radical (unpaired) electrons. The molecule has 0 heterocycles. The van der Waals surface area contributed by atoms with E-state index in [-0.39, 0.29) is 5.30 Å². The Morgan fingerprint density at radius 3 is 2.46 bits per heavy atom. The van der Waals surface area contributed by atoms with Crippen LogP contribution in [0.5, 0.6) is 5.75 Å². The van der Waals surface area contributed by atoms with Gasteiger partial charge in [-0.15, -0.1) is 0 Å². The predicted octanol–water partition coefficient (Wildman–Crippen LogP) is -0.457. The van der Waals surface area contributed by atoms with E-state index in [1.54, 1.807) is 13.0 Å². The third-order valence-corrected chi connectivity index (χ3v) is 2.78. The van der Waals surface area contributed by atoms with Gasteiger partial charge in [0.1, 0.15) is 5.75 Å². The molecule has 0 unspecified atom stereocenters. The molecule has 4 nitrogen and oxygen atoms in total. The van der Waals surface area contributed by atoms with E-state index in [1.165, 1.54) is 19.2 Å². The van der Waals surface area contributed by atoms with Gasteiger partial charge in [-0.2, -0.15) is 0 Å². The van der Waals surface area contributed by atoms with Gasteiger partial charge in [-0.1, -0.05) is 6.07 Å². The first-order valence-corrected chi connectivity index (χ1v) is 5.16. The van der Waals surface area contributed by atoms with Crippen LogP contribution in [0.25, 0.3) is 0 Å². The van der Waals surface area contributed by atoms with E-state index in [1.807, 2.05) is 0 Å². The molecule has 0 fully saturated rings. The summed E-state index contributed by atoms with van der Waals surface area (Å²) >= 11 is 0. The van der Waals surface area contributed by atoms with E-state index < -0.39 is 7.60 Å². The lowest BCUT2D eigenvalue weighted by molar-refractivity contribution is -0.308. The molecule has 0 spiro atoms. The Morgan fingerprint density at radius 1 is 1.38 bits per heavy atom. The molecule has 0 aliphatic rings. The molecule has 5 heteroatoms. The lowest BCUT2D eigenvalue weighted by Crippen LogP contribution is -2.26. The minimum absolute atomic E-state index is 0.202. The second kappa shape index (κ2) is 3.50. The van der Waals surface area contributed by atoms with Crippen LogP contribution in [0.3, 0.4) is 0 Å². The summed E-state index contributed by atoms with van der Waals surface area (Å²) in [6, 6.07) is 4.38. The molecule has 0 amide bonds. The topological polar surface area (TPSA) is 72.4 Å². The molecule has 0 N–H and O–H groups in total. The van der Waals surface area contributed by atoms with Crippen molar-refractivity contribution in [3.8, 4) is 5.75 Å². The molecular formula is C8H9O4P-2. The maximum atomic E-state index is 10.7. The summed E-state index contributed by atoms with van der Waals surface area (Å²) in [5.41, 5.74) is 0.439. The minimum Gasteiger partial charge on any atom is -0.807 e. The SMILES string of the molecule is COc1ccc(C)c(P(=O)([O-])[O-])c1. The van der Waals surface area contributed by atoms with Crippen molar-refractivity contribution in [1.82, 2.24) is 0 Å². The Kier molecular flexibility index (Phi) is 2.76. The molecular weight excluding hydrogens is 191 g/mol. The monoisotopic (exact) mass is 200 g/mol. The Balaban J connectivity index is 3.27. The number of methoxy groups -OCH3 is 1. The van der Waals surface area contributed by atoms with Crippen molar-refractivity contribution in [2.75, 3.05) is 7.11 Å². The molecule has 72 valence electrons. The lowest BCUT2D eigenvalue weighted by atomic mass is 10.2. The van der Waals surface area contributed by atoms with Crippen LogP contribution in [0, 0.1) is 6.92 Å². The first-order chi connectivity index (χ1) is 5.95. The molecule has 1 aromatic carbocycles. The van der Waals surface area contributed by atoms with Gasteiger partial charge in [0.05, 0.1) is 7.11 Å². The molecule has 1 aromatic rings. The van der Waals surface area contributed by atoms with Crippen LogP contribution >= 0.6 is 7.60 Å². The molecule has 0 saturated carbocycles. The predicted molar refractivity (Wildman–Crippen MR) is 45.0 cm³/mol. The van der Waals surface area contributed by atoms with E-state index in [9.17, 15) is 14.4 Å². The highest BCUT2D eigenvalue weighted by Crippen LogP contribution is 2.26. The number of hydrogen-bond acceptors (Lipinski definition) is 4. The molecule has 0 saturated heterocycles. The van der Waals surface area contributed by atoms with Gasteiger partial charge in [0, 0.05) is 0 Å².